The molecule has 0 fully saturated rings. The smallest absolute Gasteiger partial charge is 0.201 e. The first-order valence-corrected chi connectivity index (χ1v) is 11.1. The Morgan fingerprint density at radius 2 is 1.17 bits per heavy atom. The van der Waals surface area contributed by atoms with Crippen molar-refractivity contribution < 1.29 is 17.9 Å². The van der Waals surface area contributed by atoms with Gasteiger partial charge in [-0.25, -0.2) is 8.42 Å². The minimum Gasteiger partial charge on any atom is -0.497 e. The monoisotopic (exact) mass is 422 g/mol. The van der Waals surface area contributed by atoms with Gasteiger partial charge in [0.25, 0.3) is 0 Å². The Kier molecular flexibility index (Phi) is 6.04. The lowest BCUT2D eigenvalue weighted by atomic mass is 9.78. The Balaban J connectivity index is 1.76. The molecule has 3 aromatic carbocycles. The molecule has 0 radical (unpaired) electrons. The second-order valence-electron chi connectivity index (χ2n) is 7.66. The Morgan fingerprint density at radius 3 is 1.57 bits per heavy atom. The van der Waals surface area contributed by atoms with Gasteiger partial charge in [-0.3, -0.25) is 0 Å². The van der Waals surface area contributed by atoms with Gasteiger partial charge in [-0.15, -0.1) is 0 Å². The zero-order valence-corrected chi connectivity index (χ0v) is 18.5. The summed E-state index contributed by atoms with van der Waals surface area (Å²) in [5, 5.41) is 0. The molecule has 0 saturated heterocycles. The second kappa shape index (κ2) is 8.36. The predicted molar refractivity (Wildman–Crippen MR) is 120 cm³/mol. The van der Waals surface area contributed by atoms with E-state index in [-0.39, 0.29) is 15.2 Å². The van der Waals surface area contributed by atoms with Crippen molar-refractivity contribution in [2.45, 2.75) is 31.1 Å². The lowest BCUT2D eigenvalue weighted by molar-refractivity contribution is 0.414. The molecule has 3 rings (SSSR count). The molecule has 0 atom stereocenters. The molecule has 0 spiro atoms. The van der Waals surface area contributed by atoms with Gasteiger partial charge in [-0.05, 0) is 66.6 Å². The summed E-state index contributed by atoms with van der Waals surface area (Å²) < 4.78 is 35.4. The third-order valence-corrected chi connectivity index (χ3v) is 7.03. The van der Waals surface area contributed by atoms with Crippen LogP contribution >= 0.6 is 0 Å². The second-order valence-corrected chi connectivity index (χ2v) is 9.83. The van der Waals surface area contributed by atoms with Crippen LogP contribution in [-0.2, 0) is 15.3 Å². The van der Waals surface area contributed by atoms with Gasteiger partial charge in [-0.1, -0.05) is 44.7 Å². The van der Waals surface area contributed by atoms with E-state index in [1.165, 1.54) is 24.6 Å². The average Bonchev–Trinajstić information content (AvgIpc) is 2.74. The molecule has 4 nitrogen and oxygen atoms in total. The van der Waals surface area contributed by atoms with Crippen LogP contribution in [0.3, 0.4) is 0 Å². The molecule has 0 saturated carbocycles. The maximum absolute atomic E-state index is 12.1. The quantitative estimate of drug-likeness (QED) is 0.460. The minimum atomic E-state index is -3.48. The lowest BCUT2D eigenvalue weighted by Gasteiger charge is -2.26. The Bertz CT molecular complexity index is 1130. The van der Waals surface area contributed by atoms with Crippen molar-refractivity contribution in [2.75, 3.05) is 7.11 Å². The van der Waals surface area contributed by atoms with E-state index >= 15 is 0 Å². The summed E-state index contributed by atoms with van der Waals surface area (Å²) in [5.41, 5.74) is 2.16. The first kappa shape index (κ1) is 21.7. The van der Waals surface area contributed by atoms with E-state index in [0.717, 1.165) is 11.3 Å². The van der Waals surface area contributed by atoms with Crippen LogP contribution in [-0.4, -0.2) is 15.5 Å². The summed E-state index contributed by atoms with van der Waals surface area (Å²) in [7, 11) is -1.82. The van der Waals surface area contributed by atoms with Crippen LogP contribution in [0.25, 0.3) is 0 Å². The first-order valence-electron chi connectivity index (χ1n) is 9.58. The van der Waals surface area contributed by atoms with Crippen molar-refractivity contribution in [1.82, 2.24) is 0 Å². The van der Waals surface area contributed by atoms with Crippen LogP contribution in [0.4, 0.5) is 0 Å². The van der Waals surface area contributed by atoms with Gasteiger partial charge in [0.2, 0.25) is 9.84 Å². The van der Waals surface area contributed by atoms with Gasteiger partial charge in [-0.2, -0.15) is 0 Å². The van der Waals surface area contributed by atoms with Gasteiger partial charge in [0.05, 0.1) is 12.0 Å². The standard InChI is InChI=1S/C25H26O4S/c1-18(2)30(26,27)24-16-14-23(15-17-24)29-22-12-8-20(9-13-22)25(3,4)19-6-10-21(28-5)11-7-19/h6-17H,1H2,2-5H3. The molecule has 0 aromatic heterocycles. The third kappa shape index (κ3) is 4.41. The zero-order chi connectivity index (χ0) is 21.9. The van der Waals surface area contributed by atoms with E-state index in [4.69, 9.17) is 9.47 Å². The van der Waals surface area contributed by atoms with Crippen molar-refractivity contribution in [3.63, 3.8) is 0 Å². The van der Waals surface area contributed by atoms with E-state index in [2.05, 4.69) is 32.6 Å². The number of allylic oxidation sites excluding steroid dienone is 1. The molecule has 5 heteroatoms. The molecule has 0 aliphatic heterocycles. The van der Waals surface area contributed by atoms with E-state index in [0.29, 0.717) is 11.5 Å². The third-order valence-electron chi connectivity index (χ3n) is 5.22. The van der Waals surface area contributed by atoms with E-state index in [9.17, 15) is 8.42 Å². The highest BCUT2D eigenvalue weighted by atomic mass is 32.2. The van der Waals surface area contributed by atoms with Gasteiger partial charge in [0, 0.05) is 10.3 Å². The zero-order valence-electron chi connectivity index (χ0n) is 17.7. The van der Waals surface area contributed by atoms with Crippen LogP contribution in [0.1, 0.15) is 31.9 Å². The topological polar surface area (TPSA) is 52.6 Å². The van der Waals surface area contributed by atoms with Crippen LogP contribution in [0, 0.1) is 0 Å². The minimum absolute atomic E-state index is 0.117. The van der Waals surface area contributed by atoms with Gasteiger partial charge in [0.15, 0.2) is 0 Å². The van der Waals surface area contributed by atoms with E-state index < -0.39 is 9.84 Å². The lowest BCUT2D eigenvalue weighted by Crippen LogP contribution is -2.18. The average molecular weight is 423 g/mol. The van der Waals surface area contributed by atoms with E-state index in [1.807, 2.05) is 36.4 Å². The summed E-state index contributed by atoms with van der Waals surface area (Å²) in [6.07, 6.45) is 0. The summed E-state index contributed by atoms with van der Waals surface area (Å²) >= 11 is 0. The number of hydrogen-bond donors (Lipinski definition) is 0. The fourth-order valence-electron chi connectivity index (χ4n) is 3.14. The molecule has 0 N–H and O–H groups in total. The highest BCUT2D eigenvalue weighted by Crippen LogP contribution is 2.34. The molecule has 0 bridgehead atoms. The molecular weight excluding hydrogens is 396 g/mol. The highest BCUT2D eigenvalue weighted by molar-refractivity contribution is 7.95. The number of rotatable bonds is 7. The molecule has 30 heavy (non-hydrogen) atoms. The van der Waals surface area contributed by atoms with Gasteiger partial charge in [0.1, 0.15) is 17.2 Å². The largest absolute Gasteiger partial charge is 0.497 e. The summed E-state index contributed by atoms with van der Waals surface area (Å²) in [4.78, 5) is 0.324. The molecule has 0 heterocycles. The summed E-state index contributed by atoms with van der Waals surface area (Å²) in [6.45, 7) is 9.35. The van der Waals surface area contributed by atoms with Crippen LogP contribution in [0.5, 0.6) is 17.2 Å². The molecule has 156 valence electrons. The van der Waals surface area contributed by atoms with Gasteiger partial charge >= 0.3 is 0 Å². The van der Waals surface area contributed by atoms with Crippen molar-refractivity contribution in [3.05, 3.63) is 95.4 Å². The van der Waals surface area contributed by atoms with Crippen LogP contribution in [0.15, 0.2) is 89.2 Å². The van der Waals surface area contributed by atoms with Crippen molar-refractivity contribution in [2.24, 2.45) is 0 Å². The van der Waals surface area contributed by atoms with Crippen LogP contribution < -0.4 is 9.47 Å². The molecular formula is C25H26O4S. The number of sulfone groups is 1. The Labute approximate surface area is 178 Å². The summed E-state index contributed by atoms with van der Waals surface area (Å²) in [5.74, 6) is 2.08. The molecule has 0 amide bonds. The number of benzene rings is 3. The van der Waals surface area contributed by atoms with Crippen molar-refractivity contribution in [3.8, 4) is 17.2 Å². The Hall–Kier alpha value is -3.05. The fraction of sp³-hybridized carbons (Fsp3) is 0.200. The maximum Gasteiger partial charge on any atom is 0.201 e. The van der Waals surface area contributed by atoms with E-state index in [1.54, 1.807) is 19.2 Å². The van der Waals surface area contributed by atoms with Crippen molar-refractivity contribution in [1.29, 1.82) is 0 Å². The SMILES string of the molecule is C=C(C)S(=O)(=O)c1ccc(Oc2ccc(C(C)(C)c3ccc(OC)cc3)cc2)cc1. The number of ether oxygens (including phenoxy) is 2. The Morgan fingerprint density at radius 1 is 0.767 bits per heavy atom. The molecule has 0 aliphatic rings. The van der Waals surface area contributed by atoms with Crippen molar-refractivity contribution >= 4 is 9.84 Å². The normalized spacial score (nSPS) is 11.7. The van der Waals surface area contributed by atoms with Crippen LogP contribution in [0.2, 0.25) is 0 Å². The first-order chi connectivity index (χ1) is 14.1. The number of methoxy groups -OCH3 is 1. The van der Waals surface area contributed by atoms with Gasteiger partial charge < -0.3 is 9.47 Å². The number of hydrogen-bond acceptors (Lipinski definition) is 4. The predicted octanol–water partition coefficient (Wildman–Crippen LogP) is 6.12. The fourth-order valence-corrected chi connectivity index (χ4v) is 4.03. The molecule has 3 aromatic rings. The molecule has 0 unspecified atom stereocenters. The maximum atomic E-state index is 12.1. The molecule has 0 aliphatic carbocycles. The summed E-state index contributed by atoms with van der Waals surface area (Å²) in [6, 6.07) is 22.3. The highest BCUT2D eigenvalue weighted by Gasteiger charge is 2.23.